The lowest BCUT2D eigenvalue weighted by atomic mass is 10.1. The van der Waals surface area contributed by atoms with Gasteiger partial charge in [0.05, 0.1) is 17.5 Å². The SMILES string of the molecule is Cn1cc(-c2cccc(CNc3nc(CCCC(=O)NCCC(C)(C)O)cn3-c3ccccc3)c2)cn1. The van der Waals surface area contributed by atoms with Crippen LogP contribution in [-0.2, 0) is 24.8 Å². The number of para-hydroxylation sites is 1. The highest BCUT2D eigenvalue weighted by atomic mass is 16.3. The van der Waals surface area contributed by atoms with Crippen LogP contribution in [0.25, 0.3) is 16.8 Å². The Hall–Kier alpha value is -3.91. The largest absolute Gasteiger partial charge is 0.390 e. The molecule has 0 atom stereocenters. The zero-order chi connectivity index (χ0) is 26.3. The molecule has 3 N–H and O–H groups in total. The first kappa shape index (κ1) is 26.2. The predicted octanol–water partition coefficient (Wildman–Crippen LogP) is 4.48. The number of benzene rings is 2. The average Bonchev–Trinajstić information content (AvgIpc) is 3.49. The fraction of sp³-hybridized carbons (Fsp3) is 0.345. The highest BCUT2D eigenvalue weighted by molar-refractivity contribution is 5.75. The molecule has 194 valence electrons. The number of amides is 1. The highest BCUT2D eigenvalue weighted by Crippen LogP contribution is 2.22. The van der Waals surface area contributed by atoms with E-state index in [-0.39, 0.29) is 5.91 Å². The first-order valence-corrected chi connectivity index (χ1v) is 12.7. The van der Waals surface area contributed by atoms with E-state index in [2.05, 4.69) is 56.7 Å². The Morgan fingerprint density at radius 1 is 1.05 bits per heavy atom. The van der Waals surface area contributed by atoms with Gasteiger partial charge in [-0.3, -0.25) is 14.0 Å². The maximum Gasteiger partial charge on any atom is 0.220 e. The summed E-state index contributed by atoms with van der Waals surface area (Å²) in [6, 6.07) is 18.5. The third-order valence-electron chi connectivity index (χ3n) is 6.10. The van der Waals surface area contributed by atoms with Crippen LogP contribution in [0, 0.1) is 0 Å². The lowest BCUT2D eigenvalue weighted by molar-refractivity contribution is -0.121. The number of aryl methyl sites for hydroxylation is 2. The van der Waals surface area contributed by atoms with Gasteiger partial charge in [-0.15, -0.1) is 0 Å². The molecular formula is C29H36N6O2. The number of imidazole rings is 1. The van der Waals surface area contributed by atoms with Crippen molar-refractivity contribution in [2.24, 2.45) is 7.05 Å². The summed E-state index contributed by atoms with van der Waals surface area (Å²) in [5.74, 6) is 0.765. The van der Waals surface area contributed by atoms with Crippen molar-refractivity contribution in [3.63, 3.8) is 0 Å². The Balaban J connectivity index is 1.40. The van der Waals surface area contributed by atoms with Crippen LogP contribution in [0.5, 0.6) is 0 Å². The van der Waals surface area contributed by atoms with Crippen molar-refractivity contribution in [2.45, 2.75) is 51.7 Å². The lowest BCUT2D eigenvalue weighted by Crippen LogP contribution is -2.30. The van der Waals surface area contributed by atoms with Crippen LogP contribution in [0.2, 0.25) is 0 Å². The second-order valence-corrected chi connectivity index (χ2v) is 9.98. The first-order chi connectivity index (χ1) is 17.8. The fourth-order valence-corrected chi connectivity index (χ4v) is 4.10. The first-order valence-electron chi connectivity index (χ1n) is 12.7. The molecule has 0 aliphatic carbocycles. The maximum absolute atomic E-state index is 12.2. The average molecular weight is 501 g/mol. The molecule has 37 heavy (non-hydrogen) atoms. The van der Waals surface area contributed by atoms with Crippen LogP contribution in [0.4, 0.5) is 5.95 Å². The second-order valence-electron chi connectivity index (χ2n) is 9.98. The van der Waals surface area contributed by atoms with Crippen LogP contribution < -0.4 is 10.6 Å². The number of hydrogen-bond acceptors (Lipinski definition) is 5. The van der Waals surface area contributed by atoms with Gasteiger partial charge in [-0.1, -0.05) is 36.4 Å². The molecule has 0 spiro atoms. The molecule has 2 aromatic heterocycles. The minimum absolute atomic E-state index is 0.00131. The molecule has 0 saturated carbocycles. The van der Waals surface area contributed by atoms with Crippen molar-refractivity contribution in [1.29, 1.82) is 0 Å². The number of nitrogens with one attached hydrogen (secondary N) is 2. The maximum atomic E-state index is 12.2. The van der Waals surface area contributed by atoms with Crippen LogP contribution >= 0.6 is 0 Å². The summed E-state index contributed by atoms with van der Waals surface area (Å²) in [5, 5.41) is 20.4. The van der Waals surface area contributed by atoms with Crippen molar-refractivity contribution in [2.75, 3.05) is 11.9 Å². The molecule has 8 heteroatoms. The Morgan fingerprint density at radius 2 is 1.86 bits per heavy atom. The summed E-state index contributed by atoms with van der Waals surface area (Å²) in [6.07, 6.45) is 8.27. The molecule has 0 aliphatic heterocycles. The minimum Gasteiger partial charge on any atom is -0.390 e. The van der Waals surface area contributed by atoms with Crippen molar-refractivity contribution in [3.05, 3.63) is 84.4 Å². The Bertz CT molecular complexity index is 1300. The van der Waals surface area contributed by atoms with Gasteiger partial charge in [-0.2, -0.15) is 5.10 Å². The van der Waals surface area contributed by atoms with E-state index in [9.17, 15) is 9.90 Å². The number of aliphatic hydroxyl groups is 1. The monoisotopic (exact) mass is 500 g/mol. The summed E-state index contributed by atoms with van der Waals surface area (Å²) < 4.78 is 3.86. The Labute approximate surface area is 218 Å². The molecule has 8 nitrogen and oxygen atoms in total. The summed E-state index contributed by atoms with van der Waals surface area (Å²) >= 11 is 0. The van der Waals surface area contributed by atoms with Gasteiger partial charge in [0.1, 0.15) is 0 Å². The standard InChI is InChI=1S/C29H36N6O2/c1-29(2,37)15-16-30-27(36)14-8-11-25-21-35(26-12-5-4-6-13-26)28(33-25)31-18-22-9-7-10-23(17-22)24-19-32-34(3)20-24/h4-7,9-10,12-13,17,19-21,37H,8,11,14-16,18H2,1-3H3,(H,30,36)(H,31,33). The number of carbonyl (C=O) groups excluding carboxylic acids is 1. The summed E-state index contributed by atoms with van der Waals surface area (Å²) in [4.78, 5) is 17.0. The number of hydrogen-bond donors (Lipinski definition) is 3. The molecule has 0 bridgehead atoms. The van der Waals surface area contributed by atoms with Gasteiger partial charge in [0.15, 0.2) is 0 Å². The number of carbonyl (C=O) groups is 1. The summed E-state index contributed by atoms with van der Waals surface area (Å²) in [6.45, 7) is 4.58. The number of rotatable bonds is 12. The quantitative estimate of drug-likeness (QED) is 0.266. The van der Waals surface area contributed by atoms with Crippen LogP contribution in [0.15, 0.2) is 73.2 Å². The third-order valence-corrected chi connectivity index (χ3v) is 6.10. The molecule has 2 heterocycles. The van der Waals surface area contributed by atoms with Crippen molar-refractivity contribution in [1.82, 2.24) is 24.6 Å². The van der Waals surface area contributed by atoms with Gasteiger partial charge in [-0.05, 0) is 62.4 Å². The molecule has 4 rings (SSSR count). The summed E-state index contributed by atoms with van der Waals surface area (Å²) in [7, 11) is 1.92. The van der Waals surface area contributed by atoms with Gasteiger partial charge in [-0.25, -0.2) is 4.98 Å². The van der Waals surface area contributed by atoms with Gasteiger partial charge in [0.25, 0.3) is 0 Å². The van der Waals surface area contributed by atoms with Crippen LogP contribution in [0.3, 0.4) is 0 Å². The van der Waals surface area contributed by atoms with Crippen LogP contribution in [-0.4, -0.2) is 42.5 Å². The zero-order valence-electron chi connectivity index (χ0n) is 21.8. The van der Waals surface area contributed by atoms with E-state index in [0.29, 0.717) is 38.8 Å². The van der Waals surface area contributed by atoms with E-state index in [0.717, 1.165) is 34.0 Å². The van der Waals surface area contributed by atoms with Gasteiger partial charge >= 0.3 is 0 Å². The second kappa shape index (κ2) is 11.9. The number of aromatic nitrogens is 4. The predicted molar refractivity (Wildman–Crippen MR) is 146 cm³/mol. The third kappa shape index (κ3) is 7.79. The molecule has 2 aromatic carbocycles. The van der Waals surface area contributed by atoms with E-state index in [1.54, 1.807) is 18.5 Å². The smallest absolute Gasteiger partial charge is 0.220 e. The van der Waals surface area contributed by atoms with E-state index in [1.807, 2.05) is 43.8 Å². The van der Waals surface area contributed by atoms with Gasteiger partial charge in [0.2, 0.25) is 11.9 Å². The molecule has 4 aromatic rings. The Morgan fingerprint density at radius 3 is 2.59 bits per heavy atom. The highest BCUT2D eigenvalue weighted by Gasteiger charge is 2.13. The molecule has 0 aliphatic rings. The fourth-order valence-electron chi connectivity index (χ4n) is 4.10. The number of nitrogens with zero attached hydrogens (tertiary/aromatic N) is 4. The lowest BCUT2D eigenvalue weighted by Gasteiger charge is -2.16. The van der Waals surface area contributed by atoms with E-state index in [1.165, 1.54) is 0 Å². The Kier molecular flexibility index (Phi) is 8.40. The molecule has 0 saturated heterocycles. The molecular weight excluding hydrogens is 464 g/mol. The van der Waals surface area contributed by atoms with Crippen molar-refractivity contribution in [3.8, 4) is 16.8 Å². The van der Waals surface area contributed by atoms with Crippen LogP contribution in [0.1, 0.15) is 44.4 Å². The van der Waals surface area contributed by atoms with Gasteiger partial charge < -0.3 is 15.7 Å². The molecule has 0 unspecified atom stereocenters. The molecule has 0 radical (unpaired) electrons. The van der Waals surface area contributed by atoms with E-state index < -0.39 is 5.60 Å². The minimum atomic E-state index is -0.777. The van der Waals surface area contributed by atoms with Crippen molar-refractivity contribution >= 4 is 11.9 Å². The zero-order valence-corrected chi connectivity index (χ0v) is 21.8. The topological polar surface area (TPSA) is 97.0 Å². The van der Waals surface area contributed by atoms with E-state index in [4.69, 9.17) is 4.98 Å². The number of anilines is 1. The summed E-state index contributed by atoms with van der Waals surface area (Å²) in [5.41, 5.74) is 4.54. The molecule has 0 fully saturated rings. The molecule has 1 amide bonds. The van der Waals surface area contributed by atoms with Gasteiger partial charge in [0, 0.05) is 50.2 Å². The van der Waals surface area contributed by atoms with E-state index >= 15 is 0 Å². The normalized spacial score (nSPS) is 11.5. The van der Waals surface area contributed by atoms with Crippen molar-refractivity contribution < 1.29 is 9.90 Å².